The summed E-state index contributed by atoms with van der Waals surface area (Å²) < 4.78 is 0.901. The number of rotatable bonds is 4. The summed E-state index contributed by atoms with van der Waals surface area (Å²) in [5, 5.41) is 10.6. The first kappa shape index (κ1) is 16.0. The summed E-state index contributed by atoms with van der Waals surface area (Å²) in [7, 11) is 0. The van der Waals surface area contributed by atoms with Crippen LogP contribution in [0.3, 0.4) is 0 Å². The van der Waals surface area contributed by atoms with Crippen LogP contribution in [0.1, 0.15) is 16.8 Å². The predicted molar refractivity (Wildman–Crippen MR) is 86.4 cm³/mol. The lowest BCUT2D eigenvalue weighted by molar-refractivity contribution is -0.113. The van der Waals surface area contributed by atoms with E-state index in [4.69, 9.17) is 5.84 Å². The van der Waals surface area contributed by atoms with E-state index in [0.29, 0.717) is 0 Å². The number of aromatic nitrogens is 3. The van der Waals surface area contributed by atoms with Gasteiger partial charge in [0, 0.05) is 5.69 Å². The molecule has 0 fully saturated rings. The van der Waals surface area contributed by atoms with Crippen molar-refractivity contribution in [1.82, 2.24) is 14.9 Å². The van der Waals surface area contributed by atoms with Crippen molar-refractivity contribution in [1.29, 1.82) is 0 Å². The van der Waals surface area contributed by atoms with E-state index in [1.807, 2.05) is 32.0 Å². The second kappa shape index (κ2) is 6.61. The van der Waals surface area contributed by atoms with Crippen molar-refractivity contribution in [3.63, 3.8) is 0 Å². The number of benzene rings is 1. The zero-order valence-corrected chi connectivity index (χ0v) is 13.4. The minimum Gasteiger partial charge on any atom is -0.334 e. The Kier molecular flexibility index (Phi) is 4.81. The van der Waals surface area contributed by atoms with E-state index in [9.17, 15) is 9.59 Å². The maximum Gasteiger partial charge on any atom is 0.294 e. The molecule has 3 N–H and O–H groups in total. The number of hydrogen-bond donors (Lipinski definition) is 2. The summed E-state index contributed by atoms with van der Waals surface area (Å²) in [5.74, 6) is 5.50. The lowest BCUT2D eigenvalue weighted by Gasteiger charge is -2.09. The summed E-state index contributed by atoms with van der Waals surface area (Å²) in [5.41, 5.74) is 2.61. The molecule has 0 unspecified atom stereocenters. The van der Waals surface area contributed by atoms with E-state index < -0.39 is 5.56 Å². The third-order valence-corrected chi connectivity index (χ3v) is 3.96. The monoisotopic (exact) mass is 319 g/mol. The van der Waals surface area contributed by atoms with Crippen molar-refractivity contribution in [2.45, 2.75) is 25.9 Å². The maximum absolute atomic E-state index is 12.0. The van der Waals surface area contributed by atoms with E-state index >= 15 is 0 Å². The summed E-state index contributed by atoms with van der Waals surface area (Å²) >= 11 is 1.06. The third kappa shape index (κ3) is 3.64. The van der Waals surface area contributed by atoms with Gasteiger partial charge in [-0.1, -0.05) is 23.9 Å². The normalized spacial score (nSPS) is 10.5. The molecule has 1 aromatic carbocycles. The Labute approximate surface area is 131 Å². The highest BCUT2D eigenvalue weighted by Gasteiger charge is 2.11. The largest absolute Gasteiger partial charge is 0.334 e. The summed E-state index contributed by atoms with van der Waals surface area (Å²) in [6.45, 7) is 5.41. The summed E-state index contributed by atoms with van der Waals surface area (Å²) in [6, 6.07) is 5.83. The smallest absolute Gasteiger partial charge is 0.294 e. The molecule has 0 saturated carbocycles. The summed E-state index contributed by atoms with van der Waals surface area (Å²) in [6.07, 6.45) is 0. The van der Waals surface area contributed by atoms with Crippen LogP contribution in [0.5, 0.6) is 0 Å². The molecule has 2 rings (SSSR count). The molecule has 2 aromatic rings. The molecule has 0 saturated heterocycles. The second-order valence-corrected chi connectivity index (χ2v) is 5.84. The SMILES string of the molecule is Cc1ccc(C)c(NC(=O)CSc2nnc(C)c(=O)n2N)c1. The van der Waals surface area contributed by atoms with Gasteiger partial charge in [-0.15, -0.1) is 10.2 Å². The number of nitrogen functional groups attached to an aromatic ring is 1. The number of nitrogens with two attached hydrogens (primary N) is 1. The van der Waals surface area contributed by atoms with Crippen molar-refractivity contribution in [2.75, 3.05) is 16.9 Å². The van der Waals surface area contributed by atoms with Gasteiger partial charge in [-0.25, -0.2) is 0 Å². The molecule has 116 valence electrons. The topological polar surface area (TPSA) is 103 Å². The highest BCUT2D eigenvalue weighted by atomic mass is 32.2. The van der Waals surface area contributed by atoms with Crippen LogP contribution in [-0.2, 0) is 4.79 Å². The number of carbonyl (C=O) groups excluding carboxylic acids is 1. The Hall–Kier alpha value is -2.35. The average Bonchev–Trinajstić information content (AvgIpc) is 2.48. The number of aryl methyl sites for hydroxylation is 3. The fraction of sp³-hybridized carbons (Fsp3) is 0.286. The molecular weight excluding hydrogens is 302 g/mol. The molecule has 1 aromatic heterocycles. The van der Waals surface area contributed by atoms with Gasteiger partial charge in [0.2, 0.25) is 11.1 Å². The minimum atomic E-state index is -0.424. The van der Waals surface area contributed by atoms with Gasteiger partial charge in [-0.3, -0.25) is 9.59 Å². The molecule has 1 amide bonds. The van der Waals surface area contributed by atoms with E-state index in [-0.39, 0.29) is 22.5 Å². The molecule has 0 spiro atoms. The van der Waals surface area contributed by atoms with E-state index in [1.165, 1.54) is 6.92 Å². The van der Waals surface area contributed by atoms with Crippen LogP contribution in [0, 0.1) is 20.8 Å². The summed E-state index contributed by atoms with van der Waals surface area (Å²) in [4.78, 5) is 23.6. The number of nitrogens with one attached hydrogen (secondary N) is 1. The first-order chi connectivity index (χ1) is 10.4. The quantitative estimate of drug-likeness (QED) is 0.644. The van der Waals surface area contributed by atoms with Crippen LogP contribution >= 0.6 is 11.8 Å². The molecule has 0 aliphatic heterocycles. The highest BCUT2D eigenvalue weighted by Crippen LogP contribution is 2.17. The number of nitrogens with zero attached hydrogens (tertiary/aromatic N) is 3. The molecule has 0 radical (unpaired) electrons. The van der Waals surface area contributed by atoms with Gasteiger partial charge in [0.25, 0.3) is 5.56 Å². The Balaban J connectivity index is 2.03. The van der Waals surface area contributed by atoms with Gasteiger partial charge in [0.15, 0.2) is 0 Å². The highest BCUT2D eigenvalue weighted by molar-refractivity contribution is 7.99. The molecule has 0 aliphatic rings. The van der Waals surface area contributed by atoms with E-state index in [0.717, 1.165) is 33.3 Å². The fourth-order valence-corrected chi connectivity index (χ4v) is 2.41. The van der Waals surface area contributed by atoms with E-state index in [2.05, 4.69) is 15.5 Å². The zero-order chi connectivity index (χ0) is 16.3. The average molecular weight is 319 g/mol. The van der Waals surface area contributed by atoms with Gasteiger partial charge in [0.1, 0.15) is 5.69 Å². The Morgan fingerprint density at radius 1 is 1.32 bits per heavy atom. The first-order valence-electron chi connectivity index (χ1n) is 6.60. The molecule has 7 nitrogen and oxygen atoms in total. The Bertz CT molecular complexity index is 772. The van der Waals surface area contributed by atoms with Crippen molar-refractivity contribution in [3.05, 3.63) is 45.4 Å². The molecule has 22 heavy (non-hydrogen) atoms. The minimum absolute atomic E-state index is 0.0851. The van der Waals surface area contributed by atoms with Crippen LogP contribution in [-0.4, -0.2) is 26.5 Å². The van der Waals surface area contributed by atoms with Crippen molar-refractivity contribution < 1.29 is 4.79 Å². The maximum atomic E-state index is 12.0. The molecular formula is C14H17N5O2S. The van der Waals surface area contributed by atoms with Gasteiger partial charge >= 0.3 is 0 Å². The Morgan fingerprint density at radius 3 is 2.77 bits per heavy atom. The molecule has 0 aliphatic carbocycles. The number of hydrogen-bond acceptors (Lipinski definition) is 6. The number of amides is 1. The number of thioether (sulfide) groups is 1. The molecule has 0 bridgehead atoms. The van der Waals surface area contributed by atoms with Gasteiger partial charge in [-0.2, -0.15) is 4.68 Å². The van der Waals surface area contributed by atoms with Crippen molar-refractivity contribution >= 4 is 23.4 Å². The van der Waals surface area contributed by atoms with Crippen molar-refractivity contribution in [3.8, 4) is 0 Å². The third-order valence-electron chi connectivity index (χ3n) is 3.02. The van der Waals surface area contributed by atoms with Gasteiger partial charge in [-0.05, 0) is 38.0 Å². The van der Waals surface area contributed by atoms with Crippen LogP contribution in [0.2, 0.25) is 0 Å². The zero-order valence-electron chi connectivity index (χ0n) is 12.6. The lowest BCUT2D eigenvalue weighted by atomic mass is 10.1. The van der Waals surface area contributed by atoms with E-state index in [1.54, 1.807) is 0 Å². The number of carbonyl (C=O) groups is 1. The molecule has 0 atom stereocenters. The fourth-order valence-electron chi connectivity index (χ4n) is 1.76. The molecule has 1 heterocycles. The number of anilines is 1. The Morgan fingerprint density at radius 2 is 2.05 bits per heavy atom. The lowest BCUT2D eigenvalue weighted by Crippen LogP contribution is -2.32. The van der Waals surface area contributed by atoms with Gasteiger partial charge in [0.05, 0.1) is 5.75 Å². The van der Waals surface area contributed by atoms with Crippen molar-refractivity contribution in [2.24, 2.45) is 0 Å². The predicted octanol–water partition coefficient (Wildman–Crippen LogP) is 1.01. The van der Waals surface area contributed by atoms with Crippen LogP contribution in [0.4, 0.5) is 5.69 Å². The van der Waals surface area contributed by atoms with Crippen LogP contribution in [0.25, 0.3) is 0 Å². The standard InChI is InChI=1S/C14H17N5O2S/c1-8-4-5-9(2)11(6-8)16-12(20)7-22-14-18-17-10(3)13(21)19(14)15/h4-6H,7,15H2,1-3H3,(H,16,20). The van der Waals surface area contributed by atoms with Crippen LogP contribution < -0.4 is 16.7 Å². The van der Waals surface area contributed by atoms with Gasteiger partial charge < -0.3 is 11.2 Å². The van der Waals surface area contributed by atoms with Crippen LogP contribution in [0.15, 0.2) is 28.2 Å². The molecule has 8 heteroatoms. The second-order valence-electron chi connectivity index (χ2n) is 4.90. The first-order valence-corrected chi connectivity index (χ1v) is 7.58.